The molecule has 1 heterocycles. The molecule has 0 unspecified atom stereocenters. The van der Waals surface area contributed by atoms with Crippen LogP contribution < -0.4 is 0 Å². The first kappa shape index (κ1) is 32.9. The first-order valence-electron chi connectivity index (χ1n) is 16.2. The molecule has 0 amide bonds. The van der Waals surface area contributed by atoms with Crippen LogP contribution in [0.15, 0.2) is 0 Å². The van der Waals surface area contributed by atoms with E-state index in [1.54, 1.807) is 0 Å². The molecule has 0 aromatic rings. The van der Waals surface area contributed by atoms with Crippen LogP contribution >= 0.6 is 0 Å². The van der Waals surface area contributed by atoms with E-state index in [1.165, 1.54) is 27.7 Å². The summed E-state index contributed by atoms with van der Waals surface area (Å²) >= 11 is 0. The van der Waals surface area contributed by atoms with E-state index in [0.29, 0.717) is 29.5 Å². The molecule has 4 saturated carbocycles. The zero-order valence-electron chi connectivity index (χ0n) is 26.8. The van der Waals surface area contributed by atoms with E-state index in [1.807, 2.05) is 0 Å². The predicted octanol–water partition coefficient (Wildman–Crippen LogP) is 4.07. The summed E-state index contributed by atoms with van der Waals surface area (Å²) in [6, 6.07) is 0. The Morgan fingerprint density at radius 1 is 0.773 bits per heavy atom. The lowest BCUT2D eigenvalue weighted by molar-refractivity contribution is -0.321. The molecule has 246 valence electrons. The highest BCUT2D eigenvalue weighted by molar-refractivity contribution is 5.87. The van der Waals surface area contributed by atoms with Crippen LogP contribution in [0, 0.1) is 34.5 Å². The number of hydrogen-bond acceptors (Lipinski definition) is 11. The summed E-state index contributed by atoms with van der Waals surface area (Å²) in [6.45, 7) is 9.22. The summed E-state index contributed by atoms with van der Waals surface area (Å²) in [5, 5.41) is 0. The van der Waals surface area contributed by atoms with Gasteiger partial charge in [-0.2, -0.15) is 0 Å². The van der Waals surface area contributed by atoms with Crippen molar-refractivity contribution < 1.29 is 52.4 Å². The molecule has 11 heteroatoms. The summed E-state index contributed by atoms with van der Waals surface area (Å²) in [7, 11) is 0. The van der Waals surface area contributed by atoms with E-state index in [2.05, 4.69) is 13.8 Å². The normalized spacial score (nSPS) is 43.1. The van der Waals surface area contributed by atoms with E-state index >= 15 is 0 Å². The zero-order valence-corrected chi connectivity index (χ0v) is 26.8. The van der Waals surface area contributed by atoms with Crippen LogP contribution in [0.4, 0.5) is 0 Å². The molecule has 4 aliphatic carbocycles. The Morgan fingerprint density at radius 3 is 2.09 bits per heavy atom. The summed E-state index contributed by atoms with van der Waals surface area (Å²) in [5.41, 5.74) is -0.00315. The first-order chi connectivity index (χ1) is 20.7. The highest BCUT2D eigenvalue weighted by atomic mass is 16.7. The van der Waals surface area contributed by atoms with Crippen molar-refractivity contribution >= 4 is 29.7 Å². The minimum atomic E-state index is -1.24. The van der Waals surface area contributed by atoms with Crippen LogP contribution in [0.3, 0.4) is 0 Å². The molecule has 0 bridgehead atoms. The van der Waals surface area contributed by atoms with E-state index < -0.39 is 54.6 Å². The van der Waals surface area contributed by atoms with Crippen LogP contribution in [0.25, 0.3) is 0 Å². The second-order valence-electron chi connectivity index (χ2n) is 14.2. The Labute approximate surface area is 259 Å². The second-order valence-corrected chi connectivity index (χ2v) is 14.2. The molecule has 0 spiro atoms. The average Bonchev–Trinajstić information content (AvgIpc) is 3.24. The molecule has 5 aliphatic rings. The topological polar surface area (TPSA) is 141 Å². The molecule has 1 saturated heterocycles. The van der Waals surface area contributed by atoms with Crippen molar-refractivity contribution in [2.45, 2.75) is 136 Å². The molecule has 5 fully saturated rings. The second kappa shape index (κ2) is 12.7. The number of carbonyl (C=O) groups excluding carboxylic acids is 5. The minimum Gasteiger partial charge on any atom is -0.463 e. The van der Waals surface area contributed by atoms with Crippen LogP contribution in [0.5, 0.6) is 0 Å². The largest absolute Gasteiger partial charge is 0.463 e. The number of ketones is 1. The summed E-state index contributed by atoms with van der Waals surface area (Å²) in [4.78, 5) is 60.9. The van der Waals surface area contributed by atoms with Crippen LogP contribution in [0.2, 0.25) is 0 Å². The third-order valence-electron chi connectivity index (χ3n) is 11.6. The maximum absolute atomic E-state index is 12.8. The molecule has 0 N–H and O–H groups in total. The summed E-state index contributed by atoms with van der Waals surface area (Å²) in [6.07, 6.45) is 2.46. The van der Waals surface area contributed by atoms with Gasteiger partial charge in [-0.15, -0.1) is 0 Å². The lowest BCUT2D eigenvalue weighted by Crippen LogP contribution is -2.63. The van der Waals surface area contributed by atoms with Crippen LogP contribution in [-0.4, -0.2) is 73.1 Å². The monoisotopic (exact) mass is 620 g/mol. The Morgan fingerprint density at radius 2 is 1.43 bits per heavy atom. The van der Waals surface area contributed by atoms with Crippen LogP contribution in [0.1, 0.15) is 99.3 Å². The molecule has 0 radical (unpaired) electrons. The van der Waals surface area contributed by atoms with Gasteiger partial charge in [-0.25, -0.2) is 0 Å². The fraction of sp³-hybridized carbons (Fsp3) is 0.848. The average molecular weight is 621 g/mol. The van der Waals surface area contributed by atoms with Gasteiger partial charge < -0.3 is 28.4 Å². The van der Waals surface area contributed by atoms with Crippen molar-refractivity contribution in [1.82, 2.24) is 0 Å². The highest BCUT2D eigenvalue weighted by Crippen LogP contribution is 2.65. The van der Waals surface area contributed by atoms with Crippen molar-refractivity contribution in [3.05, 3.63) is 0 Å². The van der Waals surface area contributed by atoms with Gasteiger partial charge in [0.25, 0.3) is 0 Å². The minimum absolute atomic E-state index is 0.150. The highest BCUT2D eigenvalue weighted by Gasteiger charge is 2.61. The number of ether oxygens (including phenoxy) is 6. The van der Waals surface area contributed by atoms with Gasteiger partial charge in [0.05, 0.1) is 6.10 Å². The van der Waals surface area contributed by atoms with Gasteiger partial charge in [0.1, 0.15) is 18.5 Å². The molecule has 11 nitrogen and oxygen atoms in total. The van der Waals surface area contributed by atoms with Gasteiger partial charge in [-0.3, -0.25) is 24.0 Å². The fourth-order valence-electron chi connectivity index (χ4n) is 9.60. The molecular weight excluding hydrogens is 572 g/mol. The maximum atomic E-state index is 12.8. The molecular formula is C33H48O11. The standard InChI is InChI=1S/C33H48O11/c1-17(34)39-16-26-28(40-18(2)35)29(41-19(3)36)30(42-20(4)37)31(44-26)43-22-11-13-32(5)21(15-22)7-8-23-24-9-10-27(38)33(24,6)14-12-25(23)32/h21-26,28-31H,7-16H2,1-6H3/t21-,22+,23+,24+,25+,26+,28+,29-,30+,31+,32-,33-/m0/s1. The Hall–Kier alpha value is -2.53. The Kier molecular flexibility index (Phi) is 9.48. The molecule has 5 rings (SSSR count). The SMILES string of the molecule is CC(=O)OC[C@H]1O[C@@H](O[C@@H]2CC[C@@]3(C)[C@@H](CC[C@H]4[C@H]3CC[C@]3(C)C(=O)CC[C@H]43)C2)[C@H](OC(C)=O)[C@@H](OC(C)=O)[C@@H]1OC(C)=O. The number of Topliss-reactive ketones (excluding diaryl/α,β-unsaturated/α-hetero) is 1. The molecule has 0 aromatic heterocycles. The molecule has 0 aromatic carbocycles. The lowest BCUT2D eigenvalue weighted by atomic mass is 9.45. The molecule has 44 heavy (non-hydrogen) atoms. The predicted molar refractivity (Wildman–Crippen MR) is 154 cm³/mol. The van der Waals surface area contributed by atoms with Gasteiger partial charge in [0, 0.05) is 39.5 Å². The Bertz CT molecular complexity index is 1150. The van der Waals surface area contributed by atoms with Crippen LogP contribution in [-0.2, 0) is 52.4 Å². The smallest absolute Gasteiger partial charge is 0.303 e. The van der Waals surface area contributed by atoms with Crippen molar-refractivity contribution in [3.8, 4) is 0 Å². The summed E-state index contributed by atoms with van der Waals surface area (Å²) in [5.74, 6) is -0.0244. The third-order valence-corrected chi connectivity index (χ3v) is 11.6. The third kappa shape index (κ3) is 6.28. The number of rotatable bonds is 7. The number of fused-ring (bicyclic) bond motifs is 5. The van der Waals surface area contributed by atoms with Crippen molar-refractivity contribution in [3.63, 3.8) is 0 Å². The van der Waals surface area contributed by atoms with Gasteiger partial charge in [-0.05, 0) is 80.5 Å². The molecule has 1 aliphatic heterocycles. The number of esters is 4. The van der Waals surface area contributed by atoms with Gasteiger partial charge in [0.2, 0.25) is 0 Å². The van der Waals surface area contributed by atoms with E-state index in [0.717, 1.165) is 57.8 Å². The van der Waals surface area contributed by atoms with Gasteiger partial charge >= 0.3 is 23.9 Å². The Balaban J connectivity index is 1.34. The number of carbonyl (C=O) groups is 5. The van der Waals surface area contributed by atoms with Gasteiger partial charge in [-0.1, -0.05) is 13.8 Å². The van der Waals surface area contributed by atoms with Crippen molar-refractivity contribution in [1.29, 1.82) is 0 Å². The summed E-state index contributed by atoms with van der Waals surface area (Å²) < 4.78 is 34.6. The first-order valence-corrected chi connectivity index (χ1v) is 16.2. The van der Waals surface area contributed by atoms with Gasteiger partial charge in [0.15, 0.2) is 24.6 Å². The number of hydrogen-bond donors (Lipinski definition) is 0. The van der Waals surface area contributed by atoms with Crippen molar-refractivity contribution in [2.75, 3.05) is 6.61 Å². The lowest BCUT2D eigenvalue weighted by Gasteiger charge is -2.60. The quantitative estimate of drug-likeness (QED) is 0.231. The van der Waals surface area contributed by atoms with E-state index in [4.69, 9.17) is 28.4 Å². The maximum Gasteiger partial charge on any atom is 0.303 e. The van der Waals surface area contributed by atoms with E-state index in [9.17, 15) is 24.0 Å². The van der Waals surface area contributed by atoms with Crippen molar-refractivity contribution in [2.24, 2.45) is 34.5 Å². The molecule has 12 atom stereocenters. The van der Waals surface area contributed by atoms with E-state index in [-0.39, 0.29) is 23.5 Å². The zero-order chi connectivity index (χ0) is 32.0. The fourth-order valence-corrected chi connectivity index (χ4v) is 9.60.